The maximum Gasteiger partial charge on any atom is 0.115 e. The standard InChI is InChI=1S/C33H33B/c1-4-21-33(34,5-2)32-20-17-25(22-23(32)3)27-18-19-31(30-15-9-8-14-28(27)30)29-16-10-12-24-11-6-7-13-26(24)29/h6-20,22H,4-5,21,34H2,1-3H3. The first-order chi connectivity index (χ1) is 16.6. The molecule has 1 atom stereocenters. The van der Waals surface area contributed by atoms with Crippen LogP contribution in [0.25, 0.3) is 43.8 Å². The Morgan fingerprint density at radius 3 is 1.97 bits per heavy atom. The van der Waals surface area contributed by atoms with Gasteiger partial charge in [0.15, 0.2) is 0 Å². The van der Waals surface area contributed by atoms with E-state index in [1.54, 1.807) is 0 Å². The zero-order chi connectivity index (χ0) is 23.7. The van der Waals surface area contributed by atoms with Gasteiger partial charge in [-0.3, -0.25) is 0 Å². The van der Waals surface area contributed by atoms with E-state index in [0.717, 1.165) is 0 Å². The Morgan fingerprint density at radius 1 is 0.647 bits per heavy atom. The number of fused-ring (bicyclic) bond motifs is 2. The van der Waals surface area contributed by atoms with Crippen LogP contribution in [-0.2, 0) is 5.31 Å². The fourth-order valence-corrected chi connectivity index (χ4v) is 5.81. The van der Waals surface area contributed by atoms with Crippen LogP contribution in [0.1, 0.15) is 44.2 Å². The Labute approximate surface area is 205 Å². The van der Waals surface area contributed by atoms with Gasteiger partial charge in [0.05, 0.1) is 0 Å². The van der Waals surface area contributed by atoms with Crippen molar-refractivity contribution in [3.63, 3.8) is 0 Å². The Balaban J connectivity index is 1.67. The molecule has 0 bridgehead atoms. The van der Waals surface area contributed by atoms with E-state index in [4.69, 9.17) is 0 Å². The second kappa shape index (κ2) is 9.14. The molecule has 0 amide bonds. The lowest BCUT2D eigenvalue weighted by atomic mass is 9.59. The molecule has 1 unspecified atom stereocenters. The van der Waals surface area contributed by atoms with Gasteiger partial charge in [0, 0.05) is 0 Å². The SMILES string of the molecule is BC(CC)(CCC)c1ccc(-c2ccc(-c3cccc4ccccc34)c3ccccc23)cc1C. The molecule has 0 fully saturated rings. The third kappa shape index (κ3) is 3.84. The van der Waals surface area contributed by atoms with Gasteiger partial charge in [-0.2, -0.15) is 0 Å². The first-order valence-corrected chi connectivity index (χ1v) is 12.7. The Morgan fingerprint density at radius 2 is 1.26 bits per heavy atom. The maximum absolute atomic E-state index is 2.42. The van der Waals surface area contributed by atoms with Crippen molar-refractivity contribution in [3.05, 3.63) is 108 Å². The lowest BCUT2D eigenvalue weighted by molar-refractivity contribution is 0.525. The summed E-state index contributed by atoms with van der Waals surface area (Å²) in [4.78, 5) is 0. The molecule has 0 N–H and O–H groups in total. The molecular weight excluding hydrogens is 407 g/mol. The summed E-state index contributed by atoms with van der Waals surface area (Å²) < 4.78 is 0. The summed E-state index contributed by atoms with van der Waals surface area (Å²) in [6.45, 7) is 6.90. The van der Waals surface area contributed by atoms with Crippen molar-refractivity contribution < 1.29 is 0 Å². The van der Waals surface area contributed by atoms with Crippen LogP contribution >= 0.6 is 0 Å². The Kier molecular flexibility index (Phi) is 6.04. The van der Waals surface area contributed by atoms with Crippen LogP contribution in [0.4, 0.5) is 0 Å². The molecule has 5 rings (SSSR count). The van der Waals surface area contributed by atoms with E-state index in [-0.39, 0.29) is 5.31 Å². The average molecular weight is 440 g/mol. The van der Waals surface area contributed by atoms with Gasteiger partial charge in [0.2, 0.25) is 0 Å². The predicted molar refractivity (Wildman–Crippen MR) is 152 cm³/mol. The van der Waals surface area contributed by atoms with Gasteiger partial charge in [-0.15, -0.1) is 0 Å². The van der Waals surface area contributed by atoms with Crippen LogP contribution < -0.4 is 0 Å². The van der Waals surface area contributed by atoms with Crippen LogP contribution in [0.15, 0.2) is 97.1 Å². The van der Waals surface area contributed by atoms with Gasteiger partial charge >= 0.3 is 0 Å². The molecule has 0 spiro atoms. The van der Waals surface area contributed by atoms with Gasteiger partial charge in [-0.05, 0) is 67.2 Å². The molecule has 0 aliphatic rings. The van der Waals surface area contributed by atoms with Crippen LogP contribution in [0.5, 0.6) is 0 Å². The normalized spacial score (nSPS) is 13.3. The molecule has 34 heavy (non-hydrogen) atoms. The van der Waals surface area contributed by atoms with E-state index in [9.17, 15) is 0 Å². The molecule has 5 aromatic carbocycles. The molecule has 0 aliphatic heterocycles. The molecule has 0 saturated carbocycles. The fourth-order valence-electron chi connectivity index (χ4n) is 5.81. The predicted octanol–water partition coefficient (Wildman–Crippen LogP) is 8.67. The van der Waals surface area contributed by atoms with Gasteiger partial charge in [-0.25, -0.2) is 0 Å². The fraction of sp³-hybridized carbons (Fsp3) is 0.212. The third-order valence-corrected chi connectivity index (χ3v) is 7.77. The van der Waals surface area contributed by atoms with Crippen molar-refractivity contribution in [2.75, 3.05) is 0 Å². The lowest BCUT2D eigenvalue weighted by Gasteiger charge is -2.31. The van der Waals surface area contributed by atoms with Gasteiger partial charge < -0.3 is 0 Å². The van der Waals surface area contributed by atoms with E-state index >= 15 is 0 Å². The molecule has 168 valence electrons. The lowest BCUT2D eigenvalue weighted by Crippen LogP contribution is -2.26. The molecule has 0 saturated heterocycles. The summed E-state index contributed by atoms with van der Waals surface area (Å²) in [5.41, 5.74) is 8.10. The largest absolute Gasteiger partial charge is 0.115 e. The molecule has 5 aromatic rings. The van der Waals surface area contributed by atoms with E-state index in [1.165, 1.54) is 74.2 Å². The van der Waals surface area contributed by atoms with Crippen LogP contribution in [0.3, 0.4) is 0 Å². The average Bonchev–Trinajstić information content (AvgIpc) is 2.87. The Bertz CT molecular complexity index is 1470. The van der Waals surface area contributed by atoms with Crippen LogP contribution in [0.2, 0.25) is 0 Å². The minimum absolute atomic E-state index is 0.248. The maximum atomic E-state index is 2.42. The third-order valence-electron chi connectivity index (χ3n) is 7.77. The number of rotatable bonds is 6. The van der Waals surface area contributed by atoms with Gasteiger partial charge in [-0.1, -0.05) is 130 Å². The topological polar surface area (TPSA) is 0 Å². The molecule has 0 aromatic heterocycles. The smallest absolute Gasteiger partial charge is 0.0654 e. The number of aryl methyl sites for hydroxylation is 1. The molecule has 1 heteroatoms. The highest BCUT2D eigenvalue weighted by molar-refractivity contribution is 6.16. The molecule has 0 nitrogen and oxygen atoms in total. The van der Waals surface area contributed by atoms with Crippen molar-refractivity contribution in [1.82, 2.24) is 0 Å². The highest BCUT2D eigenvalue weighted by Gasteiger charge is 2.25. The molecular formula is C33H33B. The molecule has 0 heterocycles. The molecule has 0 aliphatic carbocycles. The highest BCUT2D eigenvalue weighted by atomic mass is 14.2. The summed E-state index contributed by atoms with van der Waals surface area (Å²) in [6.07, 6.45) is 3.61. The summed E-state index contributed by atoms with van der Waals surface area (Å²) in [6, 6.07) is 35.9. The molecule has 0 radical (unpaired) electrons. The van der Waals surface area contributed by atoms with E-state index in [1.807, 2.05) is 0 Å². The first kappa shape index (κ1) is 22.5. The quantitative estimate of drug-likeness (QED) is 0.232. The highest BCUT2D eigenvalue weighted by Crippen LogP contribution is 2.40. The Hall–Kier alpha value is -3.32. The summed E-state index contributed by atoms with van der Waals surface area (Å²) >= 11 is 0. The van der Waals surface area contributed by atoms with Crippen molar-refractivity contribution in [2.24, 2.45) is 0 Å². The zero-order valence-corrected chi connectivity index (χ0v) is 20.9. The van der Waals surface area contributed by atoms with E-state index in [2.05, 4.69) is 126 Å². The number of hydrogen-bond donors (Lipinski definition) is 0. The number of hydrogen-bond acceptors (Lipinski definition) is 0. The second-order valence-electron chi connectivity index (χ2n) is 9.93. The first-order valence-electron chi connectivity index (χ1n) is 12.7. The van der Waals surface area contributed by atoms with Crippen molar-refractivity contribution in [3.8, 4) is 22.3 Å². The monoisotopic (exact) mass is 440 g/mol. The van der Waals surface area contributed by atoms with Crippen LogP contribution in [-0.4, -0.2) is 7.85 Å². The number of benzene rings is 5. The van der Waals surface area contributed by atoms with E-state index < -0.39 is 0 Å². The van der Waals surface area contributed by atoms with Gasteiger partial charge in [0.25, 0.3) is 0 Å². The summed E-state index contributed by atoms with van der Waals surface area (Å²) in [5, 5.41) is 5.45. The summed E-state index contributed by atoms with van der Waals surface area (Å²) in [7, 11) is 2.42. The minimum atomic E-state index is 0.248. The van der Waals surface area contributed by atoms with E-state index in [0.29, 0.717) is 0 Å². The van der Waals surface area contributed by atoms with Crippen molar-refractivity contribution >= 4 is 29.4 Å². The van der Waals surface area contributed by atoms with Crippen molar-refractivity contribution in [1.29, 1.82) is 0 Å². The van der Waals surface area contributed by atoms with Crippen LogP contribution in [0, 0.1) is 6.92 Å². The minimum Gasteiger partial charge on any atom is -0.0654 e. The van der Waals surface area contributed by atoms with Gasteiger partial charge in [0.1, 0.15) is 7.85 Å². The summed E-state index contributed by atoms with van der Waals surface area (Å²) in [5.74, 6) is 0. The van der Waals surface area contributed by atoms with Crippen molar-refractivity contribution in [2.45, 2.75) is 45.3 Å². The zero-order valence-electron chi connectivity index (χ0n) is 20.9. The second-order valence-corrected chi connectivity index (χ2v) is 9.93.